The number of ketones is 1. The molecule has 0 N–H and O–H groups in total. The van der Waals surface area contributed by atoms with Crippen LogP contribution in [0.5, 0.6) is 0 Å². The highest BCUT2D eigenvalue weighted by molar-refractivity contribution is 5.85. The minimum absolute atomic E-state index is 0.412. The largest absolute Gasteiger partial charge is 0.299 e. The quantitative estimate of drug-likeness (QED) is 0.520. The first-order chi connectivity index (χ1) is 5.03. The average Bonchev–Trinajstić information content (AvgIpc) is 2.36. The Bertz CT molecular complexity index is 201. The van der Waals surface area contributed by atoms with Crippen molar-refractivity contribution in [3.63, 3.8) is 0 Å². The van der Waals surface area contributed by atoms with Gasteiger partial charge in [-0.3, -0.25) is 4.79 Å². The Hall–Kier alpha value is -0.330. The summed E-state index contributed by atoms with van der Waals surface area (Å²) in [6.45, 7) is 6.87. The molecule has 2 aliphatic rings. The van der Waals surface area contributed by atoms with E-state index in [4.69, 9.17) is 0 Å². The Morgan fingerprint density at radius 1 is 1.45 bits per heavy atom. The lowest BCUT2D eigenvalue weighted by atomic mass is 9.69. The van der Waals surface area contributed by atoms with Gasteiger partial charge in [0.15, 0.2) is 0 Å². The number of hydrogen-bond donors (Lipinski definition) is 0. The Labute approximate surface area is 68.2 Å². The Morgan fingerprint density at radius 2 is 2.09 bits per heavy atom. The lowest BCUT2D eigenvalue weighted by Crippen LogP contribution is -2.32. The van der Waals surface area contributed by atoms with E-state index in [9.17, 15) is 4.79 Å². The summed E-state index contributed by atoms with van der Waals surface area (Å²) in [5, 5.41) is 0. The molecule has 2 fully saturated rings. The average molecular weight is 152 g/mol. The lowest BCUT2D eigenvalue weighted by molar-refractivity contribution is -0.125. The van der Waals surface area contributed by atoms with Crippen LogP contribution in [0.15, 0.2) is 0 Å². The maximum atomic E-state index is 11.3. The van der Waals surface area contributed by atoms with E-state index in [0.29, 0.717) is 29.0 Å². The summed E-state index contributed by atoms with van der Waals surface area (Å²) < 4.78 is 0. The number of Topliss-reactive ketones (excluding diaryl/α,β-unsaturated/α-hetero) is 1. The number of carbonyl (C=O) groups excluding carboxylic acids is 1. The van der Waals surface area contributed by atoms with Crippen LogP contribution in [0.2, 0.25) is 0 Å². The fourth-order valence-corrected chi connectivity index (χ4v) is 2.86. The molecule has 2 bridgehead atoms. The number of rotatable bonds is 0. The second kappa shape index (κ2) is 1.88. The first-order valence-electron chi connectivity index (χ1n) is 4.56. The van der Waals surface area contributed by atoms with Crippen LogP contribution in [-0.2, 0) is 4.79 Å². The first-order valence-corrected chi connectivity index (χ1v) is 4.56. The van der Waals surface area contributed by atoms with Crippen molar-refractivity contribution in [2.45, 2.75) is 33.6 Å². The van der Waals surface area contributed by atoms with Gasteiger partial charge in [0.2, 0.25) is 0 Å². The van der Waals surface area contributed by atoms with Gasteiger partial charge >= 0.3 is 0 Å². The van der Waals surface area contributed by atoms with Crippen molar-refractivity contribution >= 4 is 5.78 Å². The summed E-state index contributed by atoms with van der Waals surface area (Å²) in [5.74, 6) is 2.25. The summed E-state index contributed by atoms with van der Waals surface area (Å²) >= 11 is 0. The first kappa shape index (κ1) is 7.33. The number of hydrogen-bond acceptors (Lipinski definition) is 1. The molecule has 0 radical (unpaired) electrons. The van der Waals surface area contributed by atoms with Gasteiger partial charge in [0.25, 0.3) is 0 Å². The van der Waals surface area contributed by atoms with E-state index in [2.05, 4.69) is 20.8 Å². The fraction of sp³-hybridized carbons (Fsp3) is 0.900. The molecule has 0 aliphatic heterocycles. The molecule has 0 aromatic rings. The second-order valence-electron chi connectivity index (χ2n) is 4.82. The molecular weight excluding hydrogens is 136 g/mol. The molecule has 0 aromatic heterocycles. The zero-order valence-electron chi connectivity index (χ0n) is 7.55. The van der Waals surface area contributed by atoms with E-state index >= 15 is 0 Å². The molecule has 0 spiro atoms. The maximum Gasteiger partial charge on any atom is 0.136 e. The van der Waals surface area contributed by atoms with Gasteiger partial charge < -0.3 is 0 Å². The smallest absolute Gasteiger partial charge is 0.136 e. The molecule has 0 heterocycles. The van der Waals surface area contributed by atoms with E-state index in [1.165, 1.54) is 6.42 Å². The van der Waals surface area contributed by atoms with Gasteiger partial charge in [-0.15, -0.1) is 0 Å². The normalized spacial score (nSPS) is 46.8. The van der Waals surface area contributed by atoms with E-state index < -0.39 is 0 Å². The monoisotopic (exact) mass is 152 g/mol. The SMILES string of the molecule is C[C@H]1[C@@H]2C[C@H](CC2=O)C1(C)C. The zero-order chi connectivity index (χ0) is 8.22. The van der Waals surface area contributed by atoms with Crippen LogP contribution in [0.4, 0.5) is 0 Å². The van der Waals surface area contributed by atoms with Crippen LogP contribution in [0.1, 0.15) is 33.6 Å². The highest BCUT2D eigenvalue weighted by Crippen LogP contribution is 2.57. The van der Waals surface area contributed by atoms with Crippen LogP contribution < -0.4 is 0 Å². The molecule has 0 amide bonds. The van der Waals surface area contributed by atoms with Gasteiger partial charge in [-0.05, 0) is 23.7 Å². The van der Waals surface area contributed by atoms with Gasteiger partial charge in [0, 0.05) is 12.3 Å². The third-order valence-electron chi connectivity index (χ3n) is 4.23. The molecule has 0 saturated heterocycles. The molecule has 0 unspecified atom stereocenters. The van der Waals surface area contributed by atoms with Crippen LogP contribution in [-0.4, -0.2) is 5.78 Å². The minimum Gasteiger partial charge on any atom is -0.299 e. The summed E-state index contributed by atoms with van der Waals surface area (Å²) in [7, 11) is 0. The maximum absolute atomic E-state index is 11.3. The van der Waals surface area contributed by atoms with Crippen LogP contribution in [0.25, 0.3) is 0 Å². The van der Waals surface area contributed by atoms with Gasteiger partial charge in [0.05, 0.1) is 0 Å². The summed E-state index contributed by atoms with van der Waals surface area (Å²) in [5.41, 5.74) is 0.429. The topological polar surface area (TPSA) is 17.1 Å². The standard InChI is InChI=1S/C10H16O/c1-6-8-4-7(5-9(8)11)10(6,2)3/h6-8H,4-5H2,1-3H3/t6-,7+,8-/m0/s1. The molecule has 1 nitrogen and oxygen atoms in total. The molecule has 2 rings (SSSR count). The molecular formula is C10H16O. The van der Waals surface area contributed by atoms with Gasteiger partial charge in [-0.2, -0.15) is 0 Å². The van der Waals surface area contributed by atoms with Crippen molar-refractivity contribution in [2.24, 2.45) is 23.2 Å². The third kappa shape index (κ3) is 0.743. The Morgan fingerprint density at radius 3 is 2.45 bits per heavy atom. The van der Waals surface area contributed by atoms with Crippen molar-refractivity contribution in [2.75, 3.05) is 0 Å². The molecule has 62 valence electrons. The highest BCUT2D eigenvalue weighted by Gasteiger charge is 2.54. The van der Waals surface area contributed by atoms with Crippen LogP contribution in [0.3, 0.4) is 0 Å². The molecule has 2 saturated carbocycles. The lowest BCUT2D eigenvalue weighted by Gasteiger charge is -2.35. The Balaban J connectivity index is 2.31. The van der Waals surface area contributed by atoms with E-state index in [0.717, 1.165) is 6.42 Å². The summed E-state index contributed by atoms with van der Waals surface area (Å²) in [6, 6.07) is 0. The predicted molar refractivity (Wildman–Crippen MR) is 44.2 cm³/mol. The van der Waals surface area contributed by atoms with Gasteiger partial charge in [0.1, 0.15) is 5.78 Å². The van der Waals surface area contributed by atoms with Crippen molar-refractivity contribution in [3.05, 3.63) is 0 Å². The highest BCUT2D eigenvalue weighted by atomic mass is 16.1. The zero-order valence-corrected chi connectivity index (χ0v) is 7.55. The summed E-state index contributed by atoms with van der Waals surface area (Å²) in [6.07, 6.45) is 2.04. The minimum atomic E-state index is 0.412. The van der Waals surface area contributed by atoms with Crippen LogP contribution in [0, 0.1) is 23.2 Å². The van der Waals surface area contributed by atoms with Crippen molar-refractivity contribution in [1.29, 1.82) is 0 Å². The van der Waals surface area contributed by atoms with Gasteiger partial charge in [-0.1, -0.05) is 20.8 Å². The number of carbonyl (C=O) groups is 1. The number of fused-ring (bicyclic) bond motifs is 2. The van der Waals surface area contributed by atoms with E-state index in [1.54, 1.807) is 0 Å². The summed E-state index contributed by atoms with van der Waals surface area (Å²) in [4.78, 5) is 11.3. The Kier molecular flexibility index (Phi) is 1.25. The predicted octanol–water partition coefficient (Wildman–Crippen LogP) is 2.26. The second-order valence-corrected chi connectivity index (χ2v) is 4.82. The van der Waals surface area contributed by atoms with Crippen molar-refractivity contribution in [1.82, 2.24) is 0 Å². The molecule has 0 aromatic carbocycles. The third-order valence-corrected chi connectivity index (χ3v) is 4.23. The molecule has 2 aliphatic carbocycles. The van der Waals surface area contributed by atoms with Crippen molar-refractivity contribution in [3.8, 4) is 0 Å². The molecule has 1 heteroatoms. The van der Waals surface area contributed by atoms with Crippen LogP contribution >= 0.6 is 0 Å². The van der Waals surface area contributed by atoms with Gasteiger partial charge in [-0.25, -0.2) is 0 Å². The van der Waals surface area contributed by atoms with E-state index in [-0.39, 0.29) is 0 Å². The fourth-order valence-electron chi connectivity index (χ4n) is 2.86. The van der Waals surface area contributed by atoms with Crippen molar-refractivity contribution < 1.29 is 4.79 Å². The molecule has 11 heavy (non-hydrogen) atoms. The van der Waals surface area contributed by atoms with E-state index in [1.807, 2.05) is 0 Å². The molecule has 3 atom stereocenters.